The number of hydrogen-bond donors (Lipinski definition) is 0. The molecule has 0 amide bonds. The molecule has 1 atom stereocenters. The molecule has 5 heteroatoms. The Morgan fingerprint density at radius 1 is 0.338 bits per heavy atom. The topological polar surface area (TPSA) is 61.8 Å². The van der Waals surface area contributed by atoms with Gasteiger partial charge in [-0.2, -0.15) is 0 Å². The molecule has 0 bridgehead atoms. The highest BCUT2D eigenvalue weighted by molar-refractivity contribution is 5.70. The van der Waals surface area contributed by atoms with Crippen molar-refractivity contribution >= 4 is 11.9 Å². The van der Waals surface area contributed by atoms with Crippen LogP contribution in [0.3, 0.4) is 0 Å². The third kappa shape index (κ3) is 55.2. The Balaban J connectivity index is 4.37. The van der Waals surface area contributed by atoms with E-state index in [9.17, 15) is 9.59 Å². The number of ether oxygens (including phenoxy) is 3. The summed E-state index contributed by atoms with van der Waals surface area (Å²) in [7, 11) is 0. The molecule has 0 aromatic heterocycles. The van der Waals surface area contributed by atoms with Crippen LogP contribution >= 0.6 is 0 Å². The molecule has 0 saturated carbocycles. The second kappa shape index (κ2) is 57.9. The fourth-order valence-corrected chi connectivity index (χ4v) is 7.60. The molecule has 0 spiro atoms. The standard InChI is InChI=1S/C63H106O5/c1-4-7-10-13-16-19-22-25-28-31-32-34-35-38-41-44-47-50-53-56-62(64)67-60-61(59-66-58-55-52-49-46-43-40-37-30-27-24-21-18-15-12-9-6-3)68-63(65)57-54-51-48-45-42-39-36-33-29-26-23-20-17-14-11-8-5-2/h7,9-10,12,16,18-19,21,25-30,32,34,40,43,61H,4-6,8,11,13-15,17,20,22-24,31,33,35-39,41-42,44-60H2,1-3H3/b10-7-,12-9-,19-16-,21-18-,28-25-,29-26-,30-27-,34-32-,43-40-. The van der Waals surface area contributed by atoms with E-state index in [-0.39, 0.29) is 25.2 Å². The van der Waals surface area contributed by atoms with Crippen LogP contribution in [-0.2, 0) is 23.8 Å². The highest BCUT2D eigenvalue weighted by atomic mass is 16.6. The zero-order chi connectivity index (χ0) is 49.2. The molecule has 0 aromatic rings. The number of hydrogen-bond acceptors (Lipinski definition) is 5. The quantitative estimate of drug-likeness (QED) is 0.0345. The van der Waals surface area contributed by atoms with Crippen LogP contribution in [0.2, 0.25) is 0 Å². The van der Waals surface area contributed by atoms with Gasteiger partial charge in [0.15, 0.2) is 6.10 Å². The Hall–Kier alpha value is -3.44. The van der Waals surface area contributed by atoms with E-state index in [1.54, 1.807) is 0 Å². The van der Waals surface area contributed by atoms with Gasteiger partial charge < -0.3 is 14.2 Å². The first-order valence-electron chi connectivity index (χ1n) is 28.4. The van der Waals surface area contributed by atoms with Gasteiger partial charge in [0.25, 0.3) is 0 Å². The summed E-state index contributed by atoms with van der Waals surface area (Å²) >= 11 is 0. The van der Waals surface area contributed by atoms with Gasteiger partial charge in [0.05, 0.1) is 6.61 Å². The minimum absolute atomic E-state index is 0.0575. The van der Waals surface area contributed by atoms with E-state index in [1.165, 1.54) is 96.3 Å². The van der Waals surface area contributed by atoms with Gasteiger partial charge in [0, 0.05) is 19.4 Å². The lowest BCUT2D eigenvalue weighted by Gasteiger charge is -2.18. The Morgan fingerprint density at radius 2 is 0.662 bits per heavy atom. The first-order valence-corrected chi connectivity index (χ1v) is 28.4. The maximum absolute atomic E-state index is 12.9. The number of allylic oxidation sites excluding steroid dienone is 18. The molecule has 68 heavy (non-hydrogen) atoms. The average molecular weight is 944 g/mol. The summed E-state index contributed by atoms with van der Waals surface area (Å²) in [5.41, 5.74) is 0. The van der Waals surface area contributed by atoms with Crippen molar-refractivity contribution in [3.63, 3.8) is 0 Å². The van der Waals surface area contributed by atoms with Crippen LogP contribution in [0.5, 0.6) is 0 Å². The van der Waals surface area contributed by atoms with Crippen LogP contribution in [0.15, 0.2) is 109 Å². The Labute approximate surface area is 421 Å². The van der Waals surface area contributed by atoms with E-state index in [0.29, 0.717) is 19.4 Å². The summed E-state index contributed by atoms with van der Waals surface area (Å²) in [5, 5.41) is 0. The molecular formula is C63H106O5. The predicted molar refractivity (Wildman–Crippen MR) is 297 cm³/mol. The monoisotopic (exact) mass is 943 g/mol. The molecule has 0 aromatic carbocycles. The Bertz CT molecular complexity index is 1340. The van der Waals surface area contributed by atoms with Crippen LogP contribution < -0.4 is 0 Å². The van der Waals surface area contributed by atoms with E-state index in [4.69, 9.17) is 14.2 Å². The summed E-state index contributed by atoms with van der Waals surface area (Å²) in [5.74, 6) is -0.437. The highest BCUT2D eigenvalue weighted by Crippen LogP contribution is 2.14. The van der Waals surface area contributed by atoms with Gasteiger partial charge in [0.1, 0.15) is 6.61 Å². The summed E-state index contributed by atoms with van der Waals surface area (Å²) in [6.07, 6.45) is 79.6. The fourth-order valence-electron chi connectivity index (χ4n) is 7.60. The normalized spacial score (nSPS) is 13.0. The van der Waals surface area contributed by atoms with Crippen molar-refractivity contribution < 1.29 is 23.8 Å². The molecule has 0 radical (unpaired) electrons. The summed E-state index contributed by atoms with van der Waals surface area (Å²) in [6, 6.07) is 0. The third-order valence-electron chi connectivity index (χ3n) is 11.8. The lowest BCUT2D eigenvalue weighted by atomic mass is 10.1. The summed E-state index contributed by atoms with van der Waals surface area (Å²) < 4.78 is 17.4. The van der Waals surface area contributed by atoms with E-state index in [2.05, 4.69) is 130 Å². The highest BCUT2D eigenvalue weighted by Gasteiger charge is 2.17. The molecule has 388 valence electrons. The zero-order valence-electron chi connectivity index (χ0n) is 44.6. The SMILES string of the molecule is CC/C=C\C/C=C\C/C=C\C/C=C\CCCCCCCCC(=O)OCC(COCCCCC/C=C\C/C=C\C/C=C\C/C=C\CC)OC(=O)CCCCCCCCC/C=C\CCCCCCCC. The van der Waals surface area contributed by atoms with Crippen LogP contribution in [0.25, 0.3) is 0 Å². The molecule has 0 heterocycles. The maximum Gasteiger partial charge on any atom is 0.306 e. The van der Waals surface area contributed by atoms with Crippen LogP contribution in [0.4, 0.5) is 0 Å². The number of rotatable bonds is 51. The molecule has 0 aliphatic rings. The second-order valence-electron chi connectivity index (χ2n) is 18.4. The van der Waals surface area contributed by atoms with Crippen molar-refractivity contribution in [1.29, 1.82) is 0 Å². The Morgan fingerprint density at radius 3 is 1.07 bits per heavy atom. The molecule has 0 aliphatic heterocycles. The molecule has 0 N–H and O–H groups in total. The van der Waals surface area contributed by atoms with Gasteiger partial charge in [-0.25, -0.2) is 0 Å². The van der Waals surface area contributed by atoms with Crippen molar-refractivity contribution in [2.24, 2.45) is 0 Å². The van der Waals surface area contributed by atoms with Crippen molar-refractivity contribution in [2.75, 3.05) is 19.8 Å². The van der Waals surface area contributed by atoms with Crippen molar-refractivity contribution in [3.8, 4) is 0 Å². The summed E-state index contributed by atoms with van der Waals surface area (Å²) in [4.78, 5) is 25.5. The lowest BCUT2D eigenvalue weighted by Crippen LogP contribution is -2.30. The maximum atomic E-state index is 12.9. The zero-order valence-corrected chi connectivity index (χ0v) is 44.6. The number of carbonyl (C=O) groups is 2. The van der Waals surface area contributed by atoms with Crippen molar-refractivity contribution in [2.45, 2.75) is 258 Å². The molecular weight excluding hydrogens is 837 g/mol. The first kappa shape index (κ1) is 64.6. The molecule has 0 rings (SSSR count). The molecule has 5 nitrogen and oxygen atoms in total. The third-order valence-corrected chi connectivity index (χ3v) is 11.8. The minimum atomic E-state index is -0.569. The van der Waals surface area contributed by atoms with Gasteiger partial charge in [-0.05, 0) is 122 Å². The van der Waals surface area contributed by atoms with Crippen LogP contribution in [-0.4, -0.2) is 37.9 Å². The minimum Gasteiger partial charge on any atom is -0.462 e. The van der Waals surface area contributed by atoms with Crippen molar-refractivity contribution in [1.82, 2.24) is 0 Å². The number of unbranched alkanes of at least 4 members (excludes halogenated alkanes) is 22. The molecule has 0 aliphatic carbocycles. The summed E-state index contributed by atoms with van der Waals surface area (Å²) in [6.45, 7) is 7.51. The van der Waals surface area contributed by atoms with Gasteiger partial charge in [-0.3, -0.25) is 9.59 Å². The van der Waals surface area contributed by atoms with E-state index in [1.807, 2.05) is 0 Å². The van der Waals surface area contributed by atoms with Crippen molar-refractivity contribution in [3.05, 3.63) is 109 Å². The number of esters is 2. The van der Waals surface area contributed by atoms with E-state index in [0.717, 1.165) is 122 Å². The van der Waals surface area contributed by atoms with Gasteiger partial charge in [-0.15, -0.1) is 0 Å². The van der Waals surface area contributed by atoms with Gasteiger partial charge in [-0.1, -0.05) is 226 Å². The molecule has 0 fully saturated rings. The van der Waals surface area contributed by atoms with Gasteiger partial charge >= 0.3 is 11.9 Å². The largest absolute Gasteiger partial charge is 0.462 e. The Kier molecular flexibility index (Phi) is 54.9. The lowest BCUT2D eigenvalue weighted by molar-refractivity contribution is -0.163. The average Bonchev–Trinajstić information content (AvgIpc) is 3.34. The van der Waals surface area contributed by atoms with E-state index < -0.39 is 6.10 Å². The number of carbonyl (C=O) groups excluding carboxylic acids is 2. The fraction of sp³-hybridized carbons (Fsp3) is 0.683. The molecule has 1 unspecified atom stereocenters. The van der Waals surface area contributed by atoms with Crippen LogP contribution in [0, 0.1) is 0 Å². The van der Waals surface area contributed by atoms with Gasteiger partial charge in [0.2, 0.25) is 0 Å². The molecule has 0 saturated heterocycles. The predicted octanol–water partition coefficient (Wildman–Crippen LogP) is 19.6. The second-order valence-corrected chi connectivity index (χ2v) is 18.4. The smallest absolute Gasteiger partial charge is 0.306 e. The van der Waals surface area contributed by atoms with E-state index >= 15 is 0 Å². The first-order chi connectivity index (χ1) is 33.6. The van der Waals surface area contributed by atoms with Crippen LogP contribution in [0.1, 0.15) is 252 Å².